The average Bonchev–Trinajstić information content (AvgIpc) is 3.08. The van der Waals surface area contributed by atoms with Gasteiger partial charge >= 0.3 is 0 Å². The Labute approximate surface area is 152 Å². The van der Waals surface area contributed by atoms with Gasteiger partial charge in [0, 0.05) is 22.2 Å². The Hall–Kier alpha value is -1.47. The molecule has 0 unspecified atom stereocenters. The largest absolute Gasteiger partial charge is 0.357 e. The molecule has 7 heteroatoms. The van der Waals surface area contributed by atoms with Gasteiger partial charge < -0.3 is 10.6 Å². The van der Waals surface area contributed by atoms with Crippen molar-refractivity contribution in [3.63, 3.8) is 0 Å². The first-order chi connectivity index (χ1) is 11.3. The molecule has 0 amide bonds. The number of nitrogens with zero attached hydrogens (tertiary/aromatic N) is 3. The summed E-state index contributed by atoms with van der Waals surface area (Å²) in [7, 11) is 0. The van der Waals surface area contributed by atoms with Crippen molar-refractivity contribution in [3.8, 4) is 0 Å². The fourth-order valence-electron chi connectivity index (χ4n) is 2.13. The van der Waals surface area contributed by atoms with Gasteiger partial charge in [0.1, 0.15) is 0 Å². The van der Waals surface area contributed by atoms with Crippen LogP contribution in [0, 0.1) is 13.8 Å². The van der Waals surface area contributed by atoms with E-state index < -0.39 is 0 Å². The molecule has 2 aromatic rings. The molecule has 0 saturated carbocycles. The fourth-order valence-corrected chi connectivity index (χ4v) is 3.90. The van der Waals surface area contributed by atoms with Crippen LogP contribution < -0.4 is 10.6 Å². The van der Waals surface area contributed by atoms with Gasteiger partial charge in [-0.1, -0.05) is 20.8 Å². The number of nitrogens with one attached hydrogen (secondary N) is 2. The second kappa shape index (κ2) is 8.07. The van der Waals surface area contributed by atoms with Crippen molar-refractivity contribution in [1.29, 1.82) is 0 Å². The molecule has 0 spiro atoms. The molecule has 0 atom stereocenters. The van der Waals surface area contributed by atoms with Crippen molar-refractivity contribution in [2.45, 2.75) is 60.0 Å². The van der Waals surface area contributed by atoms with Gasteiger partial charge in [-0.25, -0.2) is 15.0 Å². The first-order valence-electron chi connectivity index (χ1n) is 8.19. The molecule has 132 valence electrons. The van der Waals surface area contributed by atoms with E-state index in [2.05, 4.69) is 53.7 Å². The van der Waals surface area contributed by atoms with Gasteiger partial charge in [-0.3, -0.25) is 0 Å². The van der Waals surface area contributed by atoms with Crippen LogP contribution in [0.25, 0.3) is 0 Å². The molecule has 2 rings (SSSR count). The van der Waals surface area contributed by atoms with Crippen LogP contribution in [-0.2, 0) is 18.5 Å². The summed E-state index contributed by atoms with van der Waals surface area (Å²) < 4.78 is 0. The van der Waals surface area contributed by atoms with Crippen molar-refractivity contribution in [2.75, 3.05) is 6.54 Å². The van der Waals surface area contributed by atoms with E-state index in [9.17, 15) is 0 Å². The third kappa shape index (κ3) is 5.27. The third-order valence-electron chi connectivity index (χ3n) is 3.35. The van der Waals surface area contributed by atoms with E-state index >= 15 is 0 Å². The second-order valence-corrected chi connectivity index (χ2v) is 8.83. The number of thiazole rings is 2. The summed E-state index contributed by atoms with van der Waals surface area (Å²) in [5.41, 5.74) is 2.21. The van der Waals surface area contributed by atoms with Crippen molar-refractivity contribution in [2.24, 2.45) is 4.99 Å². The van der Waals surface area contributed by atoms with Crippen molar-refractivity contribution < 1.29 is 0 Å². The van der Waals surface area contributed by atoms with Crippen LogP contribution >= 0.6 is 22.7 Å². The monoisotopic (exact) mass is 365 g/mol. The van der Waals surface area contributed by atoms with Crippen LogP contribution in [0.1, 0.15) is 54.0 Å². The zero-order valence-electron chi connectivity index (χ0n) is 15.4. The maximum atomic E-state index is 4.70. The van der Waals surface area contributed by atoms with Gasteiger partial charge in [0.2, 0.25) is 0 Å². The van der Waals surface area contributed by atoms with Crippen LogP contribution in [0.2, 0.25) is 0 Å². The summed E-state index contributed by atoms with van der Waals surface area (Å²) in [6.45, 7) is 14.9. The molecule has 0 aromatic carbocycles. The highest BCUT2D eigenvalue weighted by Gasteiger charge is 2.17. The summed E-state index contributed by atoms with van der Waals surface area (Å²) in [4.78, 5) is 15.1. The van der Waals surface area contributed by atoms with E-state index in [1.165, 1.54) is 4.88 Å². The number of hydrogen-bond donors (Lipinski definition) is 2. The van der Waals surface area contributed by atoms with Gasteiger partial charge in [0.05, 0.1) is 34.5 Å². The Kier molecular flexibility index (Phi) is 6.34. The summed E-state index contributed by atoms with van der Waals surface area (Å²) in [6, 6.07) is 0. The predicted octanol–water partition coefficient (Wildman–Crippen LogP) is 3.77. The first kappa shape index (κ1) is 18.9. The molecule has 2 N–H and O–H groups in total. The molecule has 0 saturated heterocycles. The number of hydrogen-bond acceptors (Lipinski definition) is 5. The Morgan fingerprint density at radius 1 is 1.21 bits per heavy atom. The lowest BCUT2D eigenvalue weighted by Crippen LogP contribution is -2.36. The lowest BCUT2D eigenvalue weighted by molar-refractivity contribution is 0.583. The third-order valence-corrected chi connectivity index (χ3v) is 5.74. The molecule has 0 bridgehead atoms. The lowest BCUT2D eigenvalue weighted by atomic mass is 9.98. The van der Waals surface area contributed by atoms with Crippen LogP contribution in [0.3, 0.4) is 0 Å². The molecule has 0 fully saturated rings. The van der Waals surface area contributed by atoms with E-state index in [4.69, 9.17) is 4.98 Å². The Balaban J connectivity index is 2.00. The quantitative estimate of drug-likeness (QED) is 0.625. The predicted molar refractivity (Wildman–Crippen MR) is 104 cm³/mol. The summed E-state index contributed by atoms with van der Waals surface area (Å²) in [6.07, 6.45) is 0. The van der Waals surface area contributed by atoms with Gasteiger partial charge in [-0.2, -0.15) is 0 Å². The van der Waals surface area contributed by atoms with Crippen LogP contribution in [0.15, 0.2) is 10.4 Å². The molecule has 0 aliphatic rings. The number of rotatable bonds is 5. The van der Waals surface area contributed by atoms with E-state index in [0.717, 1.165) is 40.5 Å². The minimum atomic E-state index is 0.0942. The SMILES string of the molecule is CCNC(=NCc1csc(C(C)(C)C)n1)NCc1sc(C)nc1C. The highest BCUT2D eigenvalue weighted by Crippen LogP contribution is 2.25. The summed E-state index contributed by atoms with van der Waals surface area (Å²) >= 11 is 3.44. The smallest absolute Gasteiger partial charge is 0.191 e. The molecule has 0 aliphatic carbocycles. The summed E-state index contributed by atoms with van der Waals surface area (Å²) in [5.74, 6) is 0.813. The average molecular weight is 366 g/mol. The van der Waals surface area contributed by atoms with Gasteiger partial charge in [-0.05, 0) is 20.8 Å². The Morgan fingerprint density at radius 3 is 2.50 bits per heavy atom. The van der Waals surface area contributed by atoms with Crippen molar-refractivity contribution >= 4 is 28.6 Å². The molecule has 0 radical (unpaired) electrons. The molecule has 0 aliphatic heterocycles. The van der Waals surface area contributed by atoms with E-state index in [0.29, 0.717) is 6.54 Å². The minimum absolute atomic E-state index is 0.0942. The fraction of sp³-hybridized carbons (Fsp3) is 0.588. The van der Waals surface area contributed by atoms with Crippen molar-refractivity contribution in [1.82, 2.24) is 20.6 Å². The van der Waals surface area contributed by atoms with Gasteiger partial charge in [0.25, 0.3) is 0 Å². The van der Waals surface area contributed by atoms with E-state index in [1.54, 1.807) is 22.7 Å². The highest BCUT2D eigenvalue weighted by molar-refractivity contribution is 7.11. The minimum Gasteiger partial charge on any atom is -0.357 e. The molecular formula is C17H27N5S2. The normalized spacial score (nSPS) is 12.5. The molecular weight excluding hydrogens is 338 g/mol. The number of guanidine groups is 1. The molecule has 5 nitrogen and oxygen atoms in total. The van der Waals surface area contributed by atoms with Crippen LogP contribution in [0.4, 0.5) is 0 Å². The standard InChI is InChI=1S/C17H27N5S2/c1-7-18-16(20-9-14-11(2)21-12(3)24-14)19-8-13-10-23-15(22-13)17(4,5)6/h10H,7-9H2,1-6H3,(H2,18,19,20). The Bertz CT molecular complexity index is 694. The molecule has 2 aromatic heterocycles. The second-order valence-electron chi connectivity index (χ2n) is 6.68. The van der Waals surface area contributed by atoms with Gasteiger partial charge in [-0.15, -0.1) is 22.7 Å². The zero-order chi connectivity index (χ0) is 17.7. The lowest BCUT2D eigenvalue weighted by Gasteiger charge is -2.13. The van der Waals surface area contributed by atoms with Gasteiger partial charge in [0.15, 0.2) is 5.96 Å². The van der Waals surface area contributed by atoms with Crippen LogP contribution in [0.5, 0.6) is 0 Å². The molecule has 24 heavy (non-hydrogen) atoms. The maximum Gasteiger partial charge on any atom is 0.191 e. The van der Waals surface area contributed by atoms with Crippen LogP contribution in [-0.4, -0.2) is 22.5 Å². The highest BCUT2D eigenvalue weighted by atomic mass is 32.1. The maximum absolute atomic E-state index is 4.70. The van der Waals surface area contributed by atoms with E-state index in [1.807, 2.05) is 13.8 Å². The number of aliphatic imine (C=N–C) groups is 1. The summed E-state index contributed by atoms with van der Waals surface area (Å²) in [5, 5.41) is 11.0. The number of aryl methyl sites for hydroxylation is 2. The Morgan fingerprint density at radius 2 is 1.96 bits per heavy atom. The van der Waals surface area contributed by atoms with Crippen molar-refractivity contribution in [3.05, 3.63) is 31.7 Å². The molecule has 2 heterocycles. The topological polar surface area (TPSA) is 62.2 Å². The van der Waals surface area contributed by atoms with E-state index in [-0.39, 0.29) is 5.41 Å². The first-order valence-corrected chi connectivity index (χ1v) is 9.89. The number of aromatic nitrogens is 2. The zero-order valence-corrected chi connectivity index (χ0v) is 17.0.